The lowest BCUT2D eigenvalue weighted by Gasteiger charge is -2.25. The summed E-state index contributed by atoms with van der Waals surface area (Å²) in [6, 6.07) is 10.9. The van der Waals surface area contributed by atoms with Gasteiger partial charge in [0.1, 0.15) is 5.75 Å². The lowest BCUT2D eigenvalue weighted by molar-refractivity contribution is -0.128. The number of aryl methyl sites for hydroxylation is 2. The fraction of sp³-hybridized carbons (Fsp3) is 0.278. The molecule has 23 heavy (non-hydrogen) atoms. The molecule has 2 aromatic carbocycles. The van der Waals surface area contributed by atoms with Crippen molar-refractivity contribution in [1.82, 2.24) is 0 Å². The van der Waals surface area contributed by atoms with Gasteiger partial charge in [0.15, 0.2) is 5.60 Å². The first-order valence-corrected chi connectivity index (χ1v) is 8.67. The number of benzene rings is 2. The Bertz CT molecular complexity index is 703. The summed E-state index contributed by atoms with van der Waals surface area (Å²) >= 11 is 8.16. The number of nitrogens with one attached hydrogen (secondary N) is 1. The number of carbonyl (C=O) groups excluding carboxylic acids is 1. The average Bonchev–Trinajstić information content (AvgIpc) is 2.47. The number of halogens is 2. The summed E-state index contributed by atoms with van der Waals surface area (Å²) in [6.45, 7) is 7.53. The molecule has 0 spiro atoms. The third-order valence-electron chi connectivity index (χ3n) is 3.43. The van der Waals surface area contributed by atoms with Crippen LogP contribution in [0.2, 0.25) is 5.02 Å². The summed E-state index contributed by atoms with van der Waals surface area (Å²) in [5.74, 6) is 0.400. The number of rotatable bonds is 4. The van der Waals surface area contributed by atoms with Crippen molar-refractivity contribution in [2.75, 3.05) is 5.32 Å². The molecule has 5 heteroatoms. The second-order valence-electron chi connectivity index (χ2n) is 5.94. The lowest BCUT2D eigenvalue weighted by Crippen LogP contribution is -2.42. The van der Waals surface area contributed by atoms with Crippen LogP contribution in [0, 0.1) is 17.4 Å². The summed E-state index contributed by atoms with van der Waals surface area (Å²) in [6.07, 6.45) is 0. The molecular weight excluding hydrogens is 425 g/mol. The maximum absolute atomic E-state index is 12.5. The maximum atomic E-state index is 12.5. The SMILES string of the molecule is Cc1cc(NC(=O)C(C)(C)Oc2ccc(Cl)cc2)cc(C)c1I. The summed E-state index contributed by atoms with van der Waals surface area (Å²) in [5.41, 5.74) is 2.05. The van der Waals surface area contributed by atoms with E-state index in [0.29, 0.717) is 10.8 Å². The van der Waals surface area contributed by atoms with Crippen molar-refractivity contribution in [3.05, 3.63) is 56.1 Å². The first-order chi connectivity index (χ1) is 10.7. The van der Waals surface area contributed by atoms with Gasteiger partial charge in [-0.15, -0.1) is 0 Å². The van der Waals surface area contributed by atoms with Crippen molar-refractivity contribution in [2.45, 2.75) is 33.3 Å². The molecule has 1 N–H and O–H groups in total. The highest BCUT2D eigenvalue weighted by Gasteiger charge is 2.30. The highest BCUT2D eigenvalue weighted by Crippen LogP contribution is 2.24. The molecule has 0 aliphatic carbocycles. The Morgan fingerprint density at radius 3 is 2.17 bits per heavy atom. The Morgan fingerprint density at radius 1 is 1.13 bits per heavy atom. The number of hydrogen-bond donors (Lipinski definition) is 1. The normalized spacial score (nSPS) is 11.2. The van der Waals surface area contributed by atoms with E-state index in [-0.39, 0.29) is 5.91 Å². The second-order valence-corrected chi connectivity index (χ2v) is 7.46. The van der Waals surface area contributed by atoms with Gasteiger partial charge in [-0.05, 0) is 97.8 Å². The topological polar surface area (TPSA) is 38.3 Å². The van der Waals surface area contributed by atoms with E-state index in [0.717, 1.165) is 16.8 Å². The van der Waals surface area contributed by atoms with Crippen LogP contribution in [0.1, 0.15) is 25.0 Å². The molecule has 0 saturated heterocycles. The van der Waals surface area contributed by atoms with Gasteiger partial charge in [0, 0.05) is 14.3 Å². The van der Waals surface area contributed by atoms with Crippen LogP contribution in [0.4, 0.5) is 5.69 Å². The Balaban J connectivity index is 2.13. The quantitative estimate of drug-likeness (QED) is 0.646. The summed E-state index contributed by atoms with van der Waals surface area (Å²) in [7, 11) is 0. The van der Waals surface area contributed by atoms with Crippen LogP contribution in [-0.2, 0) is 4.79 Å². The molecular formula is C18H19ClINO2. The molecule has 0 saturated carbocycles. The largest absolute Gasteiger partial charge is 0.478 e. The predicted molar refractivity (Wildman–Crippen MR) is 103 cm³/mol. The molecule has 0 fully saturated rings. The first-order valence-electron chi connectivity index (χ1n) is 7.22. The zero-order chi connectivity index (χ0) is 17.2. The third-order valence-corrected chi connectivity index (χ3v) is 5.38. The van der Waals surface area contributed by atoms with Gasteiger partial charge in [-0.2, -0.15) is 0 Å². The van der Waals surface area contributed by atoms with Crippen LogP contribution < -0.4 is 10.1 Å². The fourth-order valence-corrected chi connectivity index (χ4v) is 2.58. The van der Waals surface area contributed by atoms with Crippen molar-refractivity contribution >= 4 is 45.8 Å². The molecule has 0 aliphatic rings. The van der Waals surface area contributed by atoms with Crippen LogP contribution in [0.15, 0.2) is 36.4 Å². The predicted octanol–water partition coefficient (Wildman–Crippen LogP) is 5.36. The Labute approximate surface area is 155 Å². The van der Waals surface area contributed by atoms with Crippen molar-refractivity contribution in [3.8, 4) is 5.75 Å². The Morgan fingerprint density at radius 2 is 1.65 bits per heavy atom. The van der Waals surface area contributed by atoms with Crippen LogP contribution >= 0.6 is 34.2 Å². The van der Waals surface area contributed by atoms with Gasteiger partial charge < -0.3 is 10.1 Å². The second kappa shape index (κ2) is 7.09. The molecule has 2 aromatic rings. The zero-order valence-corrected chi connectivity index (χ0v) is 16.4. The fourth-order valence-electron chi connectivity index (χ4n) is 2.14. The number of carbonyl (C=O) groups is 1. The molecule has 3 nitrogen and oxygen atoms in total. The van der Waals surface area contributed by atoms with E-state index in [1.165, 1.54) is 3.57 Å². The molecule has 0 radical (unpaired) electrons. The molecule has 0 bridgehead atoms. The minimum absolute atomic E-state index is 0.201. The van der Waals surface area contributed by atoms with Crippen LogP contribution in [0.5, 0.6) is 5.75 Å². The van der Waals surface area contributed by atoms with Gasteiger partial charge in [-0.25, -0.2) is 0 Å². The zero-order valence-electron chi connectivity index (χ0n) is 13.5. The lowest BCUT2D eigenvalue weighted by atomic mass is 10.1. The van der Waals surface area contributed by atoms with Gasteiger partial charge >= 0.3 is 0 Å². The summed E-state index contributed by atoms with van der Waals surface area (Å²) < 4.78 is 7.01. The van der Waals surface area contributed by atoms with E-state index in [1.807, 2.05) is 26.0 Å². The van der Waals surface area contributed by atoms with Gasteiger partial charge in [-0.3, -0.25) is 4.79 Å². The Kier molecular flexibility index (Phi) is 5.57. The van der Waals surface area contributed by atoms with Crippen molar-refractivity contribution in [2.24, 2.45) is 0 Å². The van der Waals surface area contributed by atoms with Crippen LogP contribution in [0.3, 0.4) is 0 Å². The smallest absolute Gasteiger partial charge is 0.267 e. The summed E-state index contributed by atoms with van der Waals surface area (Å²) in [4.78, 5) is 12.5. The number of hydrogen-bond acceptors (Lipinski definition) is 2. The molecule has 122 valence electrons. The van der Waals surface area contributed by atoms with E-state index < -0.39 is 5.60 Å². The number of amides is 1. The number of ether oxygens (including phenoxy) is 1. The number of anilines is 1. The van der Waals surface area contributed by atoms with Gasteiger partial charge in [0.2, 0.25) is 0 Å². The molecule has 1 amide bonds. The van der Waals surface area contributed by atoms with E-state index in [2.05, 4.69) is 27.9 Å². The summed E-state index contributed by atoms with van der Waals surface area (Å²) in [5, 5.41) is 3.56. The van der Waals surface area contributed by atoms with E-state index in [1.54, 1.807) is 38.1 Å². The monoisotopic (exact) mass is 443 g/mol. The first kappa shape index (κ1) is 18.1. The molecule has 0 aromatic heterocycles. The Hall–Kier alpha value is -1.27. The highest BCUT2D eigenvalue weighted by molar-refractivity contribution is 14.1. The minimum Gasteiger partial charge on any atom is -0.478 e. The van der Waals surface area contributed by atoms with Crippen LogP contribution in [-0.4, -0.2) is 11.5 Å². The van der Waals surface area contributed by atoms with Gasteiger partial charge in [0.05, 0.1) is 0 Å². The van der Waals surface area contributed by atoms with Crippen molar-refractivity contribution in [3.63, 3.8) is 0 Å². The van der Waals surface area contributed by atoms with Crippen LogP contribution in [0.25, 0.3) is 0 Å². The highest BCUT2D eigenvalue weighted by atomic mass is 127. The minimum atomic E-state index is -1.00. The molecule has 0 heterocycles. The molecule has 0 unspecified atom stereocenters. The van der Waals surface area contributed by atoms with E-state index in [4.69, 9.17) is 16.3 Å². The molecule has 0 aliphatic heterocycles. The van der Waals surface area contributed by atoms with E-state index in [9.17, 15) is 4.79 Å². The maximum Gasteiger partial charge on any atom is 0.267 e. The molecule has 2 rings (SSSR count). The van der Waals surface area contributed by atoms with Gasteiger partial charge in [-0.1, -0.05) is 11.6 Å². The van der Waals surface area contributed by atoms with Crippen molar-refractivity contribution in [1.29, 1.82) is 0 Å². The average molecular weight is 444 g/mol. The molecule has 0 atom stereocenters. The standard InChI is InChI=1S/C18H19ClINO2/c1-11-9-14(10-12(2)16(11)20)21-17(22)18(3,4)23-15-7-5-13(19)6-8-15/h5-10H,1-4H3,(H,21,22). The van der Waals surface area contributed by atoms with Crippen molar-refractivity contribution < 1.29 is 9.53 Å². The van der Waals surface area contributed by atoms with E-state index >= 15 is 0 Å². The third kappa shape index (κ3) is 4.61. The van der Waals surface area contributed by atoms with Gasteiger partial charge in [0.25, 0.3) is 5.91 Å².